The Kier molecular flexibility index (Phi) is 4.99. The van der Waals surface area contributed by atoms with Crippen molar-refractivity contribution in [3.05, 3.63) is 51.6 Å². The van der Waals surface area contributed by atoms with Gasteiger partial charge in [0, 0.05) is 20.8 Å². The van der Waals surface area contributed by atoms with E-state index in [0.717, 1.165) is 27.5 Å². The summed E-state index contributed by atoms with van der Waals surface area (Å²) >= 11 is 9.02. The normalized spacial score (nSPS) is 11.1. The largest absolute Gasteiger partial charge is 0.293 e. The molecule has 3 aromatic rings. The van der Waals surface area contributed by atoms with Crippen molar-refractivity contribution in [2.75, 3.05) is 5.75 Å². The lowest BCUT2D eigenvalue weighted by molar-refractivity contribution is 0.102. The maximum absolute atomic E-state index is 12.3. The van der Waals surface area contributed by atoms with Crippen LogP contribution in [0.25, 0.3) is 10.2 Å². The maximum Gasteiger partial charge on any atom is 0.173 e. The van der Waals surface area contributed by atoms with E-state index in [1.807, 2.05) is 6.92 Å². The first-order chi connectivity index (χ1) is 11.1. The predicted octanol–water partition coefficient (Wildman–Crippen LogP) is 5.19. The van der Waals surface area contributed by atoms with E-state index in [-0.39, 0.29) is 5.78 Å². The molecule has 2 heterocycles. The lowest BCUT2D eigenvalue weighted by atomic mass is 10.1. The van der Waals surface area contributed by atoms with Gasteiger partial charge in [-0.05, 0) is 43.7 Å². The van der Waals surface area contributed by atoms with Crippen molar-refractivity contribution in [1.82, 2.24) is 9.97 Å². The molecular weight excluding hydrogens is 348 g/mol. The van der Waals surface area contributed by atoms with Crippen molar-refractivity contribution in [3.63, 3.8) is 0 Å². The lowest BCUT2D eigenvalue weighted by Gasteiger charge is -2.04. The van der Waals surface area contributed by atoms with Gasteiger partial charge in [0.2, 0.25) is 0 Å². The number of aryl methyl sites for hydroxylation is 2. The molecule has 0 N–H and O–H groups in total. The Morgan fingerprint density at radius 3 is 2.70 bits per heavy atom. The standard InChI is InChI=1S/C17H15ClN2OS2/c1-3-13-8-14-16(19-10(2)20-17(14)23-13)22-9-15(21)11-4-6-12(18)7-5-11/h4-8H,3,9H2,1-2H3. The molecule has 0 unspecified atom stereocenters. The number of rotatable bonds is 5. The summed E-state index contributed by atoms with van der Waals surface area (Å²) in [6, 6.07) is 9.12. The van der Waals surface area contributed by atoms with Gasteiger partial charge >= 0.3 is 0 Å². The second kappa shape index (κ2) is 6.99. The molecule has 2 aromatic heterocycles. The molecule has 0 fully saturated rings. The van der Waals surface area contributed by atoms with E-state index < -0.39 is 0 Å². The number of aromatic nitrogens is 2. The van der Waals surface area contributed by atoms with Crippen LogP contribution < -0.4 is 0 Å². The van der Waals surface area contributed by atoms with Crippen LogP contribution in [0.1, 0.15) is 28.0 Å². The highest BCUT2D eigenvalue weighted by Gasteiger charge is 2.13. The van der Waals surface area contributed by atoms with Crippen LogP contribution in [-0.4, -0.2) is 21.5 Å². The van der Waals surface area contributed by atoms with Gasteiger partial charge in [0.25, 0.3) is 0 Å². The maximum atomic E-state index is 12.3. The molecule has 0 saturated heterocycles. The summed E-state index contributed by atoms with van der Waals surface area (Å²) in [6.45, 7) is 4.01. The van der Waals surface area contributed by atoms with E-state index in [1.165, 1.54) is 16.6 Å². The van der Waals surface area contributed by atoms with Gasteiger partial charge in [-0.15, -0.1) is 11.3 Å². The van der Waals surface area contributed by atoms with Crippen LogP contribution in [0.5, 0.6) is 0 Å². The molecule has 3 nitrogen and oxygen atoms in total. The number of thioether (sulfide) groups is 1. The number of ketones is 1. The van der Waals surface area contributed by atoms with E-state index in [2.05, 4.69) is 23.0 Å². The Balaban J connectivity index is 1.82. The van der Waals surface area contributed by atoms with Gasteiger partial charge in [0.1, 0.15) is 15.7 Å². The molecule has 0 atom stereocenters. The van der Waals surface area contributed by atoms with Crippen LogP contribution >= 0.6 is 34.7 Å². The first kappa shape index (κ1) is 16.4. The smallest absolute Gasteiger partial charge is 0.173 e. The Morgan fingerprint density at radius 1 is 1.26 bits per heavy atom. The van der Waals surface area contributed by atoms with Crippen LogP contribution in [0.2, 0.25) is 5.02 Å². The van der Waals surface area contributed by atoms with E-state index >= 15 is 0 Å². The summed E-state index contributed by atoms with van der Waals surface area (Å²) in [5.41, 5.74) is 0.670. The Morgan fingerprint density at radius 2 is 2.00 bits per heavy atom. The number of nitrogens with zero attached hydrogens (tertiary/aromatic N) is 2. The number of carbonyl (C=O) groups excluding carboxylic acids is 1. The molecule has 118 valence electrons. The molecule has 0 bridgehead atoms. The van der Waals surface area contributed by atoms with Crippen molar-refractivity contribution in [3.8, 4) is 0 Å². The number of halogens is 1. The van der Waals surface area contributed by atoms with Gasteiger partial charge < -0.3 is 0 Å². The minimum absolute atomic E-state index is 0.0713. The zero-order chi connectivity index (χ0) is 16.4. The van der Waals surface area contributed by atoms with Gasteiger partial charge in [-0.3, -0.25) is 4.79 Å². The zero-order valence-corrected chi connectivity index (χ0v) is 15.2. The molecule has 0 saturated carbocycles. The molecule has 0 aliphatic rings. The van der Waals surface area contributed by atoms with Gasteiger partial charge in [-0.25, -0.2) is 9.97 Å². The third-order valence-corrected chi connectivity index (χ3v) is 5.79. The van der Waals surface area contributed by atoms with E-state index in [4.69, 9.17) is 11.6 Å². The van der Waals surface area contributed by atoms with Gasteiger partial charge in [0.05, 0.1) is 5.75 Å². The minimum Gasteiger partial charge on any atom is -0.293 e. The van der Waals surface area contributed by atoms with Crippen molar-refractivity contribution >= 4 is 50.7 Å². The molecule has 0 amide bonds. The average Bonchev–Trinajstić information content (AvgIpc) is 2.96. The number of carbonyl (C=O) groups is 1. The number of hydrogen-bond donors (Lipinski definition) is 0. The summed E-state index contributed by atoms with van der Waals surface area (Å²) in [5, 5.41) is 2.56. The zero-order valence-electron chi connectivity index (χ0n) is 12.8. The molecule has 0 spiro atoms. The van der Waals surface area contributed by atoms with Crippen molar-refractivity contribution in [2.24, 2.45) is 0 Å². The number of fused-ring (bicyclic) bond motifs is 1. The summed E-state index contributed by atoms with van der Waals surface area (Å²) in [6.07, 6.45) is 0.980. The van der Waals surface area contributed by atoms with Gasteiger partial charge in [-0.1, -0.05) is 30.3 Å². The first-order valence-corrected chi connectivity index (χ1v) is 9.43. The molecule has 0 radical (unpaired) electrons. The quantitative estimate of drug-likeness (QED) is 0.356. The molecule has 1 aromatic carbocycles. The average molecular weight is 363 g/mol. The van der Waals surface area contributed by atoms with Crippen molar-refractivity contribution in [2.45, 2.75) is 25.3 Å². The summed E-state index contributed by atoms with van der Waals surface area (Å²) in [4.78, 5) is 23.6. The number of hydrogen-bond acceptors (Lipinski definition) is 5. The molecule has 0 aliphatic carbocycles. The summed E-state index contributed by atoms with van der Waals surface area (Å²) in [5.74, 6) is 1.16. The number of thiophene rings is 1. The van der Waals surface area contributed by atoms with Crippen molar-refractivity contribution < 1.29 is 4.79 Å². The Hall–Kier alpha value is -1.43. The highest BCUT2D eigenvalue weighted by atomic mass is 35.5. The van der Waals surface area contributed by atoms with Crippen LogP contribution in [0.3, 0.4) is 0 Å². The Labute approximate surface area is 148 Å². The fourth-order valence-corrected chi connectivity index (χ4v) is 4.33. The first-order valence-electron chi connectivity index (χ1n) is 7.25. The summed E-state index contributed by atoms with van der Waals surface area (Å²) in [7, 11) is 0. The van der Waals surface area contributed by atoms with Gasteiger partial charge in [0.15, 0.2) is 5.78 Å². The number of Topliss-reactive ketones (excluding diaryl/α,β-unsaturated/α-hetero) is 1. The molecular formula is C17H15ClN2OS2. The predicted molar refractivity (Wildman–Crippen MR) is 98.0 cm³/mol. The molecule has 0 aliphatic heterocycles. The number of benzene rings is 1. The van der Waals surface area contributed by atoms with Gasteiger partial charge in [-0.2, -0.15) is 0 Å². The third-order valence-electron chi connectivity index (χ3n) is 3.38. The topological polar surface area (TPSA) is 42.9 Å². The van der Waals surface area contributed by atoms with Crippen LogP contribution in [0.4, 0.5) is 0 Å². The highest BCUT2D eigenvalue weighted by molar-refractivity contribution is 8.00. The minimum atomic E-state index is 0.0713. The molecule has 6 heteroatoms. The molecule has 3 rings (SSSR count). The summed E-state index contributed by atoms with van der Waals surface area (Å²) < 4.78 is 0. The van der Waals surface area contributed by atoms with Crippen molar-refractivity contribution in [1.29, 1.82) is 0 Å². The molecule has 23 heavy (non-hydrogen) atoms. The SMILES string of the molecule is CCc1cc2c(SCC(=O)c3ccc(Cl)cc3)nc(C)nc2s1. The van der Waals surface area contributed by atoms with Crippen LogP contribution in [0.15, 0.2) is 35.4 Å². The fourth-order valence-electron chi connectivity index (χ4n) is 2.18. The highest BCUT2D eigenvalue weighted by Crippen LogP contribution is 2.32. The van der Waals surface area contributed by atoms with E-state index in [0.29, 0.717) is 16.3 Å². The Bertz CT molecular complexity index is 859. The van der Waals surface area contributed by atoms with E-state index in [1.54, 1.807) is 35.6 Å². The fraction of sp³-hybridized carbons (Fsp3) is 0.235. The lowest BCUT2D eigenvalue weighted by Crippen LogP contribution is -2.02. The van der Waals surface area contributed by atoms with E-state index in [9.17, 15) is 4.79 Å². The van der Waals surface area contributed by atoms with Crippen LogP contribution in [0, 0.1) is 6.92 Å². The third kappa shape index (κ3) is 3.74. The second-order valence-electron chi connectivity index (χ2n) is 5.08. The second-order valence-corrected chi connectivity index (χ2v) is 7.60. The van der Waals surface area contributed by atoms with Crippen LogP contribution in [-0.2, 0) is 6.42 Å². The monoisotopic (exact) mass is 362 g/mol.